The van der Waals surface area contributed by atoms with E-state index >= 15 is 0 Å². The Kier molecular flexibility index (Phi) is 4.14. The minimum atomic E-state index is -0.928. The van der Waals surface area contributed by atoms with Crippen molar-refractivity contribution in [3.63, 3.8) is 0 Å². The lowest BCUT2D eigenvalue weighted by Crippen LogP contribution is -2.37. The number of amides is 1. The summed E-state index contributed by atoms with van der Waals surface area (Å²) < 4.78 is 0. The van der Waals surface area contributed by atoms with Crippen LogP contribution < -0.4 is 0 Å². The molecule has 1 aromatic carbocycles. The van der Waals surface area contributed by atoms with Gasteiger partial charge >= 0.3 is 5.97 Å². The fourth-order valence-electron chi connectivity index (χ4n) is 2.24. The molecule has 102 valence electrons. The largest absolute Gasteiger partial charge is 0.481 e. The van der Waals surface area contributed by atoms with Crippen molar-refractivity contribution in [2.24, 2.45) is 0 Å². The number of carboxylic acids is 1. The highest BCUT2D eigenvalue weighted by Crippen LogP contribution is 2.45. The predicted molar refractivity (Wildman–Crippen MR) is 74.8 cm³/mol. The Bertz CT molecular complexity index is 475. The van der Waals surface area contributed by atoms with Gasteiger partial charge in [0.05, 0.1) is 11.7 Å². The lowest BCUT2D eigenvalue weighted by Gasteiger charge is -2.27. The number of thioether (sulfide) groups is 1. The van der Waals surface area contributed by atoms with E-state index in [1.807, 2.05) is 44.2 Å². The first-order valence-corrected chi connectivity index (χ1v) is 7.19. The van der Waals surface area contributed by atoms with Gasteiger partial charge in [-0.3, -0.25) is 9.59 Å². The summed E-state index contributed by atoms with van der Waals surface area (Å²) in [6.45, 7) is 3.91. The molecule has 0 aliphatic carbocycles. The number of rotatable bonds is 4. The van der Waals surface area contributed by atoms with Crippen LogP contribution in [0.3, 0.4) is 0 Å². The normalized spacial score (nSPS) is 23.1. The molecule has 0 bridgehead atoms. The number of hydrogen-bond donors (Lipinski definition) is 1. The minimum absolute atomic E-state index is 0.0593. The second-order valence-corrected chi connectivity index (χ2v) is 6.11. The molecule has 4 nitrogen and oxygen atoms in total. The van der Waals surface area contributed by atoms with Gasteiger partial charge in [0.2, 0.25) is 5.91 Å². The Morgan fingerprint density at radius 3 is 2.53 bits per heavy atom. The average molecular weight is 279 g/mol. The van der Waals surface area contributed by atoms with Crippen LogP contribution in [-0.2, 0) is 9.59 Å². The molecule has 1 heterocycles. The van der Waals surface area contributed by atoms with Crippen molar-refractivity contribution in [2.75, 3.05) is 0 Å². The van der Waals surface area contributed by atoms with Crippen molar-refractivity contribution in [3.05, 3.63) is 35.9 Å². The van der Waals surface area contributed by atoms with Crippen LogP contribution in [0.1, 0.15) is 31.2 Å². The molecule has 2 atom stereocenters. The van der Waals surface area contributed by atoms with E-state index in [1.54, 1.807) is 4.90 Å². The lowest BCUT2D eigenvalue weighted by atomic mass is 10.1. The van der Waals surface area contributed by atoms with E-state index in [4.69, 9.17) is 5.11 Å². The van der Waals surface area contributed by atoms with Gasteiger partial charge in [0.1, 0.15) is 5.37 Å². The summed E-state index contributed by atoms with van der Waals surface area (Å²) >= 11 is 1.43. The summed E-state index contributed by atoms with van der Waals surface area (Å²) in [6.07, 6.45) is -0.115. The second-order valence-electron chi connectivity index (χ2n) is 4.82. The van der Waals surface area contributed by atoms with Crippen LogP contribution in [0.2, 0.25) is 0 Å². The number of nitrogens with zero attached hydrogens (tertiary/aromatic N) is 1. The van der Waals surface area contributed by atoms with E-state index in [-0.39, 0.29) is 23.7 Å². The molecule has 1 aromatic rings. The zero-order chi connectivity index (χ0) is 14.0. The molecule has 0 spiro atoms. The van der Waals surface area contributed by atoms with Crippen molar-refractivity contribution in [2.45, 2.75) is 36.9 Å². The summed E-state index contributed by atoms with van der Waals surface area (Å²) in [7, 11) is 0. The third-order valence-electron chi connectivity index (χ3n) is 3.08. The first-order valence-electron chi connectivity index (χ1n) is 6.25. The fourth-order valence-corrected chi connectivity index (χ4v) is 3.82. The smallest absolute Gasteiger partial charge is 0.305 e. The van der Waals surface area contributed by atoms with Gasteiger partial charge in [-0.25, -0.2) is 0 Å². The van der Waals surface area contributed by atoms with E-state index < -0.39 is 11.2 Å². The number of carbonyl (C=O) groups is 2. The Labute approximate surface area is 116 Å². The van der Waals surface area contributed by atoms with Crippen molar-refractivity contribution in [1.29, 1.82) is 0 Å². The maximum Gasteiger partial charge on any atom is 0.305 e. The quantitative estimate of drug-likeness (QED) is 0.920. The first kappa shape index (κ1) is 13.9. The van der Waals surface area contributed by atoms with Crippen LogP contribution >= 0.6 is 11.8 Å². The lowest BCUT2D eigenvalue weighted by molar-refractivity contribution is -0.140. The molecule has 1 aliphatic rings. The molecule has 0 saturated carbocycles. The SMILES string of the molecule is CC(C)N1C(=O)[C@@H](CC(=O)O)S[C@@H]1c1ccccc1. The van der Waals surface area contributed by atoms with Gasteiger partial charge in [0.15, 0.2) is 0 Å². The van der Waals surface area contributed by atoms with E-state index in [1.165, 1.54) is 11.8 Å². The highest BCUT2D eigenvalue weighted by Gasteiger charge is 2.42. The predicted octanol–water partition coefficient (Wildman–Crippen LogP) is 2.51. The fraction of sp³-hybridized carbons (Fsp3) is 0.429. The highest BCUT2D eigenvalue weighted by atomic mass is 32.2. The molecule has 5 heteroatoms. The van der Waals surface area contributed by atoms with Crippen LogP contribution in [0.5, 0.6) is 0 Å². The van der Waals surface area contributed by atoms with Gasteiger partial charge in [-0.05, 0) is 19.4 Å². The van der Waals surface area contributed by atoms with E-state index in [0.717, 1.165) is 5.56 Å². The molecule has 1 aliphatic heterocycles. The van der Waals surface area contributed by atoms with Gasteiger partial charge in [0.25, 0.3) is 0 Å². The Balaban J connectivity index is 2.27. The molecule has 1 N–H and O–H groups in total. The monoisotopic (exact) mass is 279 g/mol. The summed E-state index contributed by atoms with van der Waals surface area (Å²) in [5.74, 6) is -1.00. The zero-order valence-electron chi connectivity index (χ0n) is 10.9. The number of hydrogen-bond acceptors (Lipinski definition) is 3. The van der Waals surface area contributed by atoms with Crippen molar-refractivity contribution in [3.8, 4) is 0 Å². The van der Waals surface area contributed by atoms with Crippen LogP contribution in [0, 0.1) is 0 Å². The Morgan fingerprint density at radius 1 is 1.37 bits per heavy atom. The molecule has 0 unspecified atom stereocenters. The van der Waals surface area contributed by atoms with Gasteiger partial charge < -0.3 is 10.0 Å². The number of carbonyl (C=O) groups excluding carboxylic acids is 1. The van der Waals surface area contributed by atoms with E-state index in [0.29, 0.717) is 0 Å². The molecule has 2 rings (SSSR count). The third-order valence-corrected chi connectivity index (χ3v) is 4.53. The number of aliphatic carboxylic acids is 1. The number of carboxylic acid groups (broad SMARTS) is 1. The van der Waals surface area contributed by atoms with Crippen LogP contribution in [0.25, 0.3) is 0 Å². The third kappa shape index (κ3) is 2.92. The summed E-state index contributed by atoms with van der Waals surface area (Å²) in [6, 6.07) is 9.81. The van der Waals surface area contributed by atoms with E-state index in [9.17, 15) is 9.59 Å². The van der Waals surface area contributed by atoms with Crippen molar-refractivity contribution < 1.29 is 14.7 Å². The molecular formula is C14H17NO3S. The van der Waals surface area contributed by atoms with Gasteiger partial charge in [-0.1, -0.05) is 30.3 Å². The summed E-state index contributed by atoms with van der Waals surface area (Å²) in [5.41, 5.74) is 1.04. The van der Waals surface area contributed by atoms with Crippen molar-refractivity contribution in [1.82, 2.24) is 4.90 Å². The number of benzene rings is 1. The Hall–Kier alpha value is -1.49. The van der Waals surface area contributed by atoms with Crippen LogP contribution in [0.4, 0.5) is 0 Å². The molecule has 0 aromatic heterocycles. The second kappa shape index (κ2) is 5.65. The van der Waals surface area contributed by atoms with Crippen LogP contribution in [-0.4, -0.2) is 33.2 Å². The van der Waals surface area contributed by atoms with Crippen molar-refractivity contribution >= 4 is 23.6 Å². The maximum atomic E-state index is 12.3. The highest BCUT2D eigenvalue weighted by molar-refractivity contribution is 8.01. The first-order chi connectivity index (χ1) is 9.00. The molecule has 1 fully saturated rings. The van der Waals surface area contributed by atoms with Crippen LogP contribution in [0.15, 0.2) is 30.3 Å². The molecule has 1 saturated heterocycles. The molecule has 1 amide bonds. The molecular weight excluding hydrogens is 262 g/mol. The zero-order valence-corrected chi connectivity index (χ0v) is 11.8. The average Bonchev–Trinajstić information content (AvgIpc) is 2.67. The Morgan fingerprint density at radius 2 is 2.00 bits per heavy atom. The molecule has 0 radical (unpaired) electrons. The molecule has 19 heavy (non-hydrogen) atoms. The van der Waals surface area contributed by atoms with Gasteiger partial charge in [0, 0.05) is 6.04 Å². The topological polar surface area (TPSA) is 57.6 Å². The van der Waals surface area contributed by atoms with Gasteiger partial charge in [-0.15, -0.1) is 11.8 Å². The minimum Gasteiger partial charge on any atom is -0.481 e. The maximum absolute atomic E-state index is 12.3. The summed E-state index contributed by atoms with van der Waals surface area (Å²) in [5, 5.41) is 8.32. The summed E-state index contributed by atoms with van der Waals surface area (Å²) in [4.78, 5) is 24.9. The van der Waals surface area contributed by atoms with E-state index in [2.05, 4.69) is 0 Å². The standard InChI is InChI=1S/C14H17NO3S/c1-9(2)15-13(18)11(8-12(16)17)19-14(15)10-6-4-3-5-7-10/h3-7,9,11,14H,8H2,1-2H3,(H,16,17)/t11-,14-/m1/s1. The van der Waals surface area contributed by atoms with Gasteiger partial charge in [-0.2, -0.15) is 0 Å².